The zero-order valence-electron chi connectivity index (χ0n) is 7.47. The highest BCUT2D eigenvalue weighted by atomic mass is 16.5. The van der Waals surface area contributed by atoms with Crippen molar-refractivity contribution in [2.45, 2.75) is 13.3 Å². The lowest BCUT2D eigenvalue weighted by Crippen LogP contribution is -2.08. The van der Waals surface area contributed by atoms with Crippen LogP contribution in [0.3, 0.4) is 0 Å². The van der Waals surface area contributed by atoms with Crippen molar-refractivity contribution in [1.29, 1.82) is 0 Å². The molecular formula is C9H15O3. The minimum Gasteiger partial charge on any atom is -0.462 e. The molecule has 3 nitrogen and oxygen atoms in total. The van der Waals surface area contributed by atoms with E-state index in [0.29, 0.717) is 31.8 Å². The molecule has 0 aromatic carbocycles. The predicted molar refractivity (Wildman–Crippen MR) is 46.6 cm³/mol. The lowest BCUT2D eigenvalue weighted by Gasteiger charge is -2.03. The van der Waals surface area contributed by atoms with Crippen LogP contribution >= 0.6 is 0 Å². The maximum absolute atomic E-state index is 10.8. The Balaban J connectivity index is 3.20. The molecule has 0 aromatic rings. The van der Waals surface area contributed by atoms with Crippen LogP contribution in [0.5, 0.6) is 0 Å². The Morgan fingerprint density at radius 2 is 2.08 bits per heavy atom. The maximum Gasteiger partial charge on any atom is 0.333 e. The molecule has 0 rings (SSSR count). The molecule has 0 bridgehead atoms. The van der Waals surface area contributed by atoms with Gasteiger partial charge in [0, 0.05) is 25.2 Å². The van der Waals surface area contributed by atoms with Crippen LogP contribution < -0.4 is 0 Å². The molecule has 0 aromatic heterocycles. The maximum atomic E-state index is 10.8. The van der Waals surface area contributed by atoms with Gasteiger partial charge in [-0.2, -0.15) is 0 Å². The lowest BCUT2D eigenvalue weighted by atomic mass is 10.4. The Kier molecular flexibility index (Phi) is 6.38. The Morgan fingerprint density at radius 3 is 2.58 bits per heavy atom. The van der Waals surface area contributed by atoms with Crippen molar-refractivity contribution in [3.63, 3.8) is 0 Å². The summed E-state index contributed by atoms with van der Waals surface area (Å²) < 4.78 is 9.76. The normalized spacial score (nSPS) is 9.50. The predicted octanol–water partition coefficient (Wildman–Crippen LogP) is 1.35. The number of esters is 1. The van der Waals surface area contributed by atoms with Crippen molar-refractivity contribution in [3.05, 3.63) is 19.1 Å². The Hall–Kier alpha value is -0.830. The van der Waals surface area contributed by atoms with E-state index in [-0.39, 0.29) is 5.97 Å². The number of carbonyl (C=O) groups excluding carboxylic acids is 1. The zero-order valence-corrected chi connectivity index (χ0v) is 7.47. The average molecular weight is 171 g/mol. The monoisotopic (exact) mass is 171 g/mol. The van der Waals surface area contributed by atoms with Crippen molar-refractivity contribution in [2.75, 3.05) is 19.8 Å². The van der Waals surface area contributed by atoms with Gasteiger partial charge in [-0.15, -0.1) is 0 Å². The van der Waals surface area contributed by atoms with Gasteiger partial charge in [-0.1, -0.05) is 6.58 Å². The average Bonchev–Trinajstić information content (AvgIpc) is 2.03. The first-order valence-corrected chi connectivity index (χ1v) is 3.88. The highest BCUT2D eigenvalue weighted by Crippen LogP contribution is 1.93. The van der Waals surface area contributed by atoms with E-state index in [9.17, 15) is 4.79 Å². The molecule has 0 amide bonds. The van der Waals surface area contributed by atoms with Crippen molar-refractivity contribution >= 4 is 5.97 Å². The summed E-state index contributed by atoms with van der Waals surface area (Å²) in [6, 6.07) is 0. The van der Waals surface area contributed by atoms with Crippen LogP contribution in [0.15, 0.2) is 12.2 Å². The molecular weight excluding hydrogens is 156 g/mol. The van der Waals surface area contributed by atoms with E-state index in [4.69, 9.17) is 9.47 Å². The molecule has 0 N–H and O–H groups in total. The number of rotatable bonds is 6. The fraction of sp³-hybridized carbons (Fsp3) is 0.556. The summed E-state index contributed by atoms with van der Waals surface area (Å²) >= 11 is 0. The SMILES string of the molecule is [CH2]COCCCOC(=O)C(=C)C. The van der Waals surface area contributed by atoms with Crippen LogP contribution in [-0.2, 0) is 14.3 Å². The molecule has 12 heavy (non-hydrogen) atoms. The third kappa shape index (κ3) is 5.92. The summed E-state index contributed by atoms with van der Waals surface area (Å²) in [7, 11) is 0. The van der Waals surface area contributed by atoms with Crippen LogP contribution in [-0.4, -0.2) is 25.8 Å². The lowest BCUT2D eigenvalue weighted by molar-refractivity contribution is -0.139. The third-order valence-electron chi connectivity index (χ3n) is 1.16. The van der Waals surface area contributed by atoms with Gasteiger partial charge < -0.3 is 9.47 Å². The Morgan fingerprint density at radius 1 is 1.42 bits per heavy atom. The summed E-state index contributed by atoms with van der Waals surface area (Å²) in [6.45, 7) is 9.99. The van der Waals surface area contributed by atoms with Crippen molar-refractivity contribution < 1.29 is 14.3 Å². The van der Waals surface area contributed by atoms with Crippen LogP contribution in [0, 0.1) is 6.92 Å². The zero-order chi connectivity index (χ0) is 9.40. The van der Waals surface area contributed by atoms with Crippen molar-refractivity contribution in [3.8, 4) is 0 Å². The highest BCUT2D eigenvalue weighted by molar-refractivity contribution is 5.86. The highest BCUT2D eigenvalue weighted by Gasteiger charge is 2.01. The van der Waals surface area contributed by atoms with E-state index < -0.39 is 0 Å². The first kappa shape index (κ1) is 11.2. The van der Waals surface area contributed by atoms with Crippen molar-refractivity contribution in [1.82, 2.24) is 0 Å². The van der Waals surface area contributed by atoms with Gasteiger partial charge in [0.2, 0.25) is 0 Å². The number of hydrogen-bond donors (Lipinski definition) is 0. The Bertz CT molecular complexity index is 152. The molecule has 0 aliphatic rings. The second-order valence-corrected chi connectivity index (χ2v) is 2.38. The second-order valence-electron chi connectivity index (χ2n) is 2.38. The molecule has 0 saturated heterocycles. The summed E-state index contributed by atoms with van der Waals surface area (Å²) in [5, 5.41) is 0. The quantitative estimate of drug-likeness (QED) is 0.344. The number of hydrogen-bond acceptors (Lipinski definition) is 3. The topological polar surface area (TPSA) is 35.5 Å². The Labute approximate surface area is 73.4 Å². The van der Waals surface area contributed by atoms with Gasteiger partial charge in [-0.25, -0.2) is 4.79 Å². The molecule has 0 heterocycles. The van der Waals surface area contributed by atoms with E-state index in [1.807, 2.05) is 0 Å². The number of ether oxygens (including phenoxy) is 2. The first-order valence-electron chi connectivity index (χ1n) is 3.88. The largest absolute Gasteiger partial charge is 0.462 e. The smallest absolute Gasteiger partial charge is 0.333 e. The molecule has 0 aliphatic heterocycles. The molecule has 0 aliphatic carbocycles. The van der Waals surface area contributed by atoms with Gasteiger partial charge in [-0.3, -0.25) is 0 Å². The molecule has 0 unspecified atom stereocenters. The van der Waals surface area contributed by atoms with Crippen molar-refractivity contribution in [2.24, 2.45) is 0 Å². The van der Waals surface area contributed by atoms with Crippen LogP contribution in [0.25, 0.3) is 0 Å². The van der Waals surface area contributed by atoms with E-state index in [2.05, 4.69) is 13.5 Å². The molecule has 69 valence electrons. The minimum absolute atomic E-state index is 0.343. The third-order valence-corrected chi connectivity index (χ3v) is 1.16. The molecule has 0 saturated carbocycles. The van der Waals surface area contributed by atoms with Crippen LogP contribution in [0.1, 0.15) is 13.3 Å². The molecule has 0 atom stereocenters. The van der Waals surface area contributed by atoms with Gasteiger partial charge in [0.05, 0.1) is 6.61 Å². The fourth-order valence-electron chi connectivity index (χ4n) is 0.551. The van der Waals surface area contributed by atoms with Crippen LogP contribution in [0.2, 0.25) is 0 Å². The van der Waals surface area contributed by atoms with Gasteiger partial charge in [0.15, 0.2) is 0 Å². The summed E-state index contributed by atoms with van der Waals surface area (Å²) in [5.41, 5.74) is 0.424. The first-order chi connectivity index (χ1) is 5.68. The van der Waals surface area contributed by atoms with Gasteiger partial charge >= 0.3 is 5.97 Å². The van der Waals surface area contributed by atoms with Gasteiger partial charge in [-0.05, 0) is 13.8 Å². The molecule has 0 spiro atoms. The van der Waals surface area contributed by atoms with E-state index in [1.54, 1.807) is 6.92 Å². The van der Waals surface area contributed by atoms with Crippen LogP contribution in [0.4, 0.5) is 0 Å². The summed E-state index contributed by atoms with van der Waals surface area (Å²) in [5.74, 6) is -0.343. The van der Waals surface area contributed by atoms with E-state index >= 15 is 0 Å². The summed E-state index contributed by atoms with van der Waals surface area (Å²) in [6.07, 6.45) is 0.703. The van der Waals surface area contributed by atoms with E-state index in [1.165, 1.54) is 0 Å². The van der Waals surface area contributed by atoms with Gasteiger partial charge in [0.25, 0.3) is 0 Å². The molecule has 0 fully saturated rings. The second kappa shape index (κ2) is 6.85. The molecule has 1 radical (unpaired) electrons. The molecule has 3 heteroatoms. The fourth-order valence-corrected chi connectivity index (χ4v) is 0.551. The number of carbonyl (C=O) groups is 1. The van der Waals surface area contributed by atoms with Gasteiger partial charge in [0.1, 0.15) is 0 Å². The standard InChI is InChI=1S/C9H15O3/c1-4-11-6-5-7-12-9(10)8(2)3/h1-2,4-7H2,3H3. The minimum atomic E-state index is -0.343. The summed E-state index contributed by atoms with van der Waals surface area (Å²) in [4.78, 5) is 10.8. The van der Waals surface area contributed by atoms with E-state index in [0.717, 1.165) is 0 Å².